The minimum absolute atomic E-state index is 0.0628. The van der Waals surface area contributed by atoms with Gasteiger partial charge in [-0.1, -0.05) is 19.4 Å². The van der Waals surface area contributed by atoms with Crippen molar-refractivity contribution in [2.45, 2.75) is 65.2 Å². The molecule has 0 aliphatic heterocycles. The van der Waals surface area contributed by atoms with Crippen LogP contribution < -0.4 is 0 Å². The summed E-state index contributed by atoms with van der Waals surface area (Å²) in [6, 6.07) is 0. The first-order valence-corrected chi connectivity index (χ1v) is 9.67. The lowest BCUT2D eigenvalue weighted by molar-refractivity contribution is -0.123. The highest BCUT2D eigenvalue weighted by molar-refractivity contribution is 6.64. The number of halogens is 1. The van der Waals surface area contributed by atoms with Crippen molar-refractivity contribution in [2.24, 2.45) is 34.5 Å². The molecule has 3 saturated carbocycles. The molecule has 0 amide bonds. The molecule has 4 aliphatic carbocycles. The lowest BCUT2D eigenvalue weighted by atomic mass is 9.47. The van der Waals surface area contributed by atoms with Crippen molar-refractivity contribution in [2.75, 3.05) is 0 Å². The van der Waals surface area contributed by atoms with Crippen molar-refractivity contribution in [1.29, 1.82) is 0 Å². The molecule has 3 fully saturated rings. The highest BCUT2D eigenvalue weighted by atomic mass is 35.5. The van der Waals surface area contributed by atoms with Gasteiger partial charge in [-0.05, 0) is 91.2 Å². The van der Waals surface area contributed by atoms with Gasteiger partial charge in [0.1, 0.15) is 0 Å². The molecule has 0 aromatic rings. The molecule has 6 atom stereocenters. The second kappa shape index (κ2) is 5.18. The fraction of sp³-hybridized carbons (Fsp3) is 0.800. The number of hydrogen-bond donors (Lipinski definition) is 0. The molecule has 0 heterocycles. The standard InChI is InChI=1S/C20H27ClO2/c1-19-9-7-13(22)11-12(19)3-4-14-15-5-6-17(18(21)23)20(15,2)10-8-16(14)19/h11,14-17H,3-10H2,1-2H3/t14?,15?,16?,17?,19-,20-/m0/s1. The Bertz CT molecular complexity index is 594. The third-order valence-electron chi connectivity index (χ3n) is 8.24. The van der Waals surface area contributed by atoms with Crippen LogP contribution in [0.15, 0.2) is 11.6 Å². The minimum atomic E-state index is -0.112. The van der Waals surface area contributed by atoms with E-state index >= 15 is 0 Å². The summed E-state index contributed by atoms with van der Waals surface area (Å²) in [5, 5.41) is -0.112. The first-order valence-electron chi connectivity index (χ1n) is 9.29. The van der Waals surface area contributed by atoms with E-state index in [4.69, 9.17) is 11.6 Å². The Morgan fingerprint density at radius 1 is 1.09 bits per heavy atom. The number of carbonyl (C=O) groups is 2. The molecule has 126 valence electrons. The molecule has 0 aromatic carbocycles. The first kappa shape index (κ1) is 15.9. The summed E-state index contributed by atoms with van der Waals surface area (Å²) in [6.45, 7) is 4.73. The monoisotopic (exact) mass is 334 g/mol. The van der Waals surface area contributed by atoms with Gasteiger partial charge in [-0.3, -0.25) is 9.59 Å². The molecule has 4 rings (SSSR count). The quantitative estimate of drug-likeness (QED) is 0.639. The maximum atomic E-state index is 11.9. The Balaban J connectivity index is 1.67. The van der Waals surface area contributed by atoms with E-state index in [1.54, 1.807) is 0 Å². The minimum Gasteiger partial charge on any atom is -0.295 e. The van der Waals surface area contributed by atoms with Crippen molar-refractivity contribution >= 4 is 22.6 Å². The molecule has 0 spiro atoms. The first-order chi connectivity index (χ1) is 10.9. The molecule has 0 bridgehead atoms. The SMILES string of the molecule is C[C@]12CCC3C(CCC4=CC(=O)CC[C@@]43C)C1CCC2C(=O)Cl. The smallest absolute Gasteiger partial charge is 0.225 e. The summed E-state index contributed by atoms with van der Waals surface area (Å²) >= 11 is 5.94. The molecular weight excluding hydrogens is 308 g/mol. The number of carbonyl (C=O) groups excluding carboxylic acids is 2. The Morgan fingerprint density at radius 2 is 1.87 bits per heavy atom. The summed E-state index contributed by atoms with van der Waals surface area (Å²) in [7, 11) is 0. The maximum absolute atomic E-state index is 11.9. The van der Waals surface area contributed by atoms with Crippen LogP contribution in [0, 0.1) is 34.5 Å². The van der Waals surface area contributed by atoms with Gasteiger partial charge in [-0.25, -0.2) is 0 Å². The molecule has 23 heavy (non-hydrogen) atoms. The van der Waals surface area contributed by atoms with Crippen molar-refractivity contribution in [3.05, 3.63) is 11.6 Å². The zero-order valence-corrected chi connectivity index (χ0v) is 15.0. The molecule has 2 nitrogen and oxygen atoms in total. The van der Waals surface area contributed by atoms with Crippen molar-refractivity contribution in [3.8, 4) is 0 Å². The molecule has 0 radical (unpaired) electrons. The van der Waals surface area contributed by atoms with Gasteiger partial charge < -0.3 is 0 Å². The summed E-state index contributed by atoms with van der Waals surface area (Å²) < 4.78 is 0. The zero-order valence-electron chi connectivity index (χ0n) is 14.2. The molecule has 4 aliphatic rings. The van der Waals surface area contributed by atoms with Gasteiger partial charge in [0.15, 0.2) is 5.78 Å². The molecule has 0 N–H and O–H groups in total. The van der Waals surface area contributed by atoms with Gasteiger partial charge in [-0.15, -0.1) is 0 Å². The van der Waals surface area contributed by atoms with Gasteiger partial charge >= 0.3 is 0 Å². The van der Waals surface area contributed by atoms with Crippen LogP contribution in [0.3, 0.4) is 0 Å². The van der Waals surface area contributed by atoms with Crippen molar-refractivity contribution < 1.29 is 9.59 Å². The van der Waals surface area contributed by atoms with E-state index in [9.17, 15) is 9.59 Å². The third-order valence-corrected chi connectivity index (χ3v) is 8.50. The molecule has 0 aromatic heterocycles. The average Bonchev–Trinajstić information content (AvgIpc) is 2.85. The molecule has 4 unspecified atom stereocenters. The summed E-state index contributed by atoms with van der Waals surface area (Å²) in [4.78, 5) is 23.8. The predicted molar refractivity (Wildman–Crippen MR) is 91.1 cm³/mol. The average molecular weight is 335 g/mol. The van der Waals surface area contributed by atoms with Gasteiger partial charge in [-0.2, -0.15) is 0 Å². The van der Waals surface area contributed by atoms with Crippen LogP contribution in [0.2, 0.25) is 0 Å². The molecular formula is C20H27ClO2. The second-order valence-corrected chi connectivity index (χ2v) is 9.32. The van der Waals surface area contributed by atoms with E-state index in [0.29, 0.717) is 30.0 Å². The van der Waals surface area contributed by atoms with Crippen molar-refractivity contribution in [3.63, 3.8) is 0 Å². The Kier molecular flexibility index (Phi) is 3.58. The van der Waals surface area contributed by atoms with E-state index in [2.05, 4.69) is 13.8 Å². The van der Waals surface area contributed by atoms with Crippen LogP contribution in [0.25, 0.3) is 0 Å². The second-order valence-electron chi connectivity index (χ2n) is 8.95. The lowest BCUT2D eigenvalue weighted by Crippen LogP contribution is -2.50. The van der Waals surface area contributed by atoms with Gasteiger partial charge in [0.05, 0.1) is 0 Å². The van der Waals surface area contributed by atoms with Crippen LogP contribution in [0.4, 0.5) is 0 Å². The number of ketones is 1. The molecule has 0 saturated heterocycles. The van der Waals surface area contributed by atoms with E-state index in [0.717, 1.165) is 32.1 Å². The van der Waals surface area contributed by atoms with Crippen molar-refractivity contribution in [1.82, 2.24) is 0 Å². The molecule has 3 heteroatoms. The number of fused-ring (bicyclic) bond motifs is 5. The lowest BCUT2D eigenvalue weighted by Gasteiger charge is -2.57. The van der Waals surface area contributed by atoms with Crippen LogP contribution >= 0.6 is 11.6 Å². The van der Waals surface area contributed by atoms with E-state index in [1.807, 2.05) is 6.08 Å². The van der Waals surface area contributed by atoms with Gasteiger partial charge in [0.25, 0.3) is 0 Å². The van der Waals surface area contributed by atoms with Gasteiger partial charge in [0.2, 0.25) is 5.24 Å². The normalized spacial score (nSPS) is 49.0. The topological polar surface area (TPSA) is 34.1 Å². The van der Waals surface area contributed by atoms with E-state index < -0.39 is 0 Å². The Morgan fingerprint density at radius 3 is 2.61 bits per heavy atom. The number of rotatable bonds is 1. The van der Waals surface area contributed by atoms with Gasteiger partial charge in [0, 0.05) is 12.3 Å². The highest BCUT2D eigenvalue weighted by Gasteiger charge is 2.59. The fourth-order valence-electron chi connectivity index (χ4n) is 6.93. The van der Waals surface area contributed by atoms with Crippen LogP contribution in [-0.2, 0) is 9.59 Å². The van der Waals surface area contributed by atoms with Crippen LogP contribution in [0.1, 0.15) is 65.2 Å². The third kappa shape index (κ3) is 2.13. The predicted octanol–water partition coefficient (Wildman–Crippen LogP) is 4.90. The number of allylic oxidation sites excluding steroid dienone is 1. The Labute approximate surface area is 144 Å². The van der Waals surface area contributed by atoms with E-state index in [-0.39, 0.29) is 22.0 Å². The summed E-state index contributed by atoms with van der Waals surface area (Å²) in [5.41, 5.74) is 1.75. The highest BCUT2D eigenvalue weighted by Crippen LogP contribution is 2.66. The summed E-state index contributed by atoms with van der Waals surface area (Å²) in [6.07, 6.45) is 10.4. The zero-order chi connectivity index (χ0) is 16.4. The fourth-order valence-corrected chi connectivity index (χ4v) is 7.29. The summed E-state index contributed by atoms with van der Waals surface area (Å²) in [5.74, 6) is 2.44. The largest absolute Gasteiger partial charge is 0.295 e. The number of hydrogen-bond acceptors (Lipinski definition) is 2. The van der Waals surface area contributed by atoms with E-state index in [1.165, 1.54) is 18.4 Å². The van der Waals surface area contributed by atoms with Crippen LogP contribution in [-0.4, -0.2) is 11.0 Å². The maximum Gasteiger partial charge on any atom is 0.225 e. The Hall–Kier alpha value is -0.630. The van der Waals surface area contributed by atoms with Crippen LogP contribution in [0.5, 0.6) is 0 Å².